The normalized spacial score (nSPS) is 14.0. The first-order valence-electron chi connectivity index (χ1n) is 6.62. The molecule has 2 aromatic rings. The van der Waals surface area contributed by atoms with Crippen molar-refractivity contribution in [2.24, 2.45) is 0 Å². The van der Waals surface area contributed by atoms with Crippen LogP contribution in [0.1, 0.15) is 22.8 Å². The van der Waals surface area contributed by atoms with Crippen LogP contribution < -0.4 is 0 Å². The van der Waals surface area contributed by atoms with Crippen LogP contribution in [-0.4, -0.2) is 18.3 Å². The standard InChI is InChI=1S/C17H19FO2/c1-12-8-9-15(18)10-14(12)11-16(19)17(20-2)13-6-4-3-5-7-13/h3-10,16-17,19H,11H2,1-2H3. The zero-order valence-corrected chi connectivity index (χ0v) is 11.7. The van der Waals surface area contributed by atoms with Gasteiger partial charge >= 0.3 is 0 Å². The fourth-order valence-electron chi connectivity index (χ4n) is 2.35. The average Bonchev–Trinajstić information content (AvgIpc) is 2.45. The van der Waals surface area contributed by atoms with Gasteiger partial charge in [0.2, 0.25) is 0 Å². The van der Waals surface area contributed by atoms with E-state index in [-0.39, 0.29) is 5.82 Å². The van der Waals surface area contributed by atoms with E-state index in [0.717, 1.165) is 16.7 Å². The minimum Gasteiger partial charge on any atom is -0.390 e. The molecule has 2 rings (SSSR count). The third kappa shape index (κ3) is 3.44. The van der Waals surface area contributed by atoms with E-state index in [2.05, 4.69) is 0 Å². The summed E-state index contributed by atoms with van der Waals surface area (Å²) in [5.74, 6) is -0.286. The van der Waals surface area contributed by atoms with Crippen LogP contribution in [0, 0.1) is 12.7 Å². The number of benzene rings is 2. The maximum absolute atomic E-state index is 13.3. The minimum atomic E-state index is -0.720. The Hall–Kier alpha value is -1.71. The summed E-state index contributed by atoms with van der Waals surface area (Å²) >= 11 is 0. The molecule has 3 heteroatoms. The van der Waals surface area contributed by atoms with Crippen LogP contribution in [0.3, 0.4) is 0 Å². The summed E-state index contributed by atoms with van der Waals surface area (Å²) in [7, 11) is 1.57. The third-order valence-corrected chi connectivity index (χ3v) is 3.47. The van der Waals surface area contributed by atoms with Gasteiger partial charge in [-0.2, -0.15) is 0 Å². The number of methoxy groups -OCH3 is 1. The molecule has 0 spiro atoms. The van der Waals surface area contributed by atoms with E-state index in [4.69, 9.17) is 4.74 Å². The van der Waals surface area contributed by atoms with Crippen molar-refractivity contribution >= 4 is 0 Å². The third-order valence-electron chi connectivity index (χ3n) is 3.47. The molecule has 0 fully saturated rings. The second-order valence-electron chi connectivity index (χ2n) is 4.91. The van der Waals surface area contributed by atoms with Crippen molar-refractivity contribution in [2.45, 2.75) is 25.6 Å². The predicted octanol–water partition coefficient (Wildman–Crippen LogP) is 3.43. The number of aliphatic hydroxyl groups excluding tert-OH is 1. The van der Waals surface area contributed by atoms with Gasteiger partial charge in [0.05, 0.1) is 6.10 Å². The van der Waals surface area contributed by atoms with Gasteiger partial charge in [-0.25, -0.2) is 4.39 Å². The van der Waals surface area contributed by atoms with Crippen LogP contribution in [0.2, 0.25) is 0 Å². The molecule has 0 bridgehead atoms. The fraction of sp³-hybridized carbons (Fsp3) is 0.294. The van der Waals surface area contributed by atoms with E-state index >= 15 is 0 Å². The predicted molar refractivity (Wildman–Crippen MR) is 77.0 cm³/mol. The highest BCUT2D eigenvalue weighted by molar-refractivity contribution is 5.28. The molecule has 0 aromatic heterocycles. The molecule has 0 aliphatic rings. The number of hydrogen-bond acceptors (Lipinski definition) is 2. The lowest BCUT2D eigenvalue weighted by Gasteiger charge is -2.22. The number of aryl methyl sites for hydroxylation is 1. The Labute approximate surface area is 118 Å². The van der Waals surface area contributed by atoms with Gasteiger partial charge in [-0.1, -0.05) is 36.4 Å². The monoisotopic (exact) mass is 274 g/mol. The highest BCUT2D eigenvalue weighted by Crippen LogP contribution is 2.24. The van der Waals surface area contributed by atoms with Gasteiger partial charge in [-0.3, -0.25) is 0 Å². The van der Waals surface area contributed by atoms with Crippen molar-refractivity contribution in [1.82, 2.24) is 0 Å². The van der Waals surface area contributed by atoms with E-state index in [1.165, 1.54) is 12.1 Å². The molecule has 0 saturated carbocycles. The van der Waals surface area contributed by atoms with E-state index in [1.807, 2.05) is 37.3 Å². The topological polar surface area (TPSA) is 29.5 Å². The van der Waals surface area contributed by atoms with Gasteiger partial charge in [-0.05, 0) is 35.7 Å². The van der Waals surface area contributed by atoms with Crippen LogP contribution in [0.15, 0.2) is 48.5 Å². The lowest BCUT2D eigenvalue weighted by molar-refractivity contribution is -0.0129. The quantitative estimate of drug-likeness (QED) is 0.905. The Morgan fingerprint density at radius 1 is 1.15 bits per heavy atom. The molecule has 0 saturated heterocycles. The smallest absolute Gasteiger partial charge is 0.123 e. The molecule has 20 heavy (non-hydrogen) atoms. The second-order valence-corrected chi connectivity index (χ2v) is 4.91. The van der Waals surface area contributed by atoms with E-state index < -0.39 is 12.2 Å². The zero-order valence-electron chi connectivity index (χ0n) is 11.7. The van der Waals surface area contributed by atoms with Gasteiger partial charge < -0.3 is 9.84 Å². The first-order chi connectivity index (χ1) is 9.61. The van der Waals surface area contributed by atoms with Crippen molar-refractivity contribution in [3.63, 3.8) is 0 Å². The second kappa shape index (κ2) is 6.64. The largest absolute Gasteiger partial charge is 0.390 e. The molecule has 0 aliphatic heterocycles. The molecular weight excluding hydrogens is 255 g/mol. The molecule has 106 valence electrons. The van der Waals surface area contributed by atoms with Crippen molar-refractivity contribution < 1.29 is 14.2 Å². The minimum absolute atomic E-state index is 0.286. The molecule has 0 amide bonds. The average molecular weight is 274 g/mol. The van der Waals surface area contributed by atoms with E-state index in [1.54, 1.807) is 13.2 Å². The van der Waals surface area contributed by atoms with Crippen LogP contribution >= 0.6 is 0 Å². The number of rotatable bonds is 5. The van der Waals surface area contributed by atoms with E-state index in [9.17, 15) is 9.50 Å². The van der Waals surface area contributed by atoms with Crippen molar-refractivity contribution in [1.29, 1.82) is 0 Å². The molecule has 2 nitrogen and oxygen atoms in total. The van der Waals surface area contributed by atoms with Crippen LogP contribution in [0.4, 0.5) is 4.39 Å². The summed E-state index contributed by atoms with van der Waals surface area (Å²) in [5, 5.41) is 10.4. The summed E-state index contributed by atoms with van der Waals surface area (Å²) in [4.78, 5) is 0. The number of ether oxygens (including phenoxy) is 1. The lowest BCUT2D eigenvalue weighted by Crippen LogP contribution is -2.23. The Kier molecular flexibility index (Phi) is 4.88. The SMILES string of the molecule is COC(c1ccccc1)C(O)Cc1cc(F)ccc1C. The number of halogens is 1. The Balaban J connectivity index is 2.17. The van der Waals surface area contributed by atoms with Gasteiger partial charge in [-0.15, -0.1) is 0 Å². The maximum atomic E-state index is 13.3. The molecular formula is C17H19FO2. The van der Waals surface area contributed by atoms with Gasteiger partial charge in [0.1, 0.15) is 11.9 Å². The molecule has 2 aromatic carbocycles. The van der Waals surface area contributed by atoms with Gasteiger partial charge in [0, 0.05) is 13.5 Å². The summed E-state index contributed by atoms with van der Waals surface area (Å²) in [6.07, 6.45) is -0.779. The summed E-state index contributed by atoms with van der Waals surface area (Å²) < 4.78 is 18.7. The molecule has 0 radical (unpaired) electrons. The zero-order chi connectivity index (χ0) is 14.5. The van der Waals surface area contributed by atoms with Crippen LogP contribution in [-0.2, 0) is 11.2 Å². The van der Waals surface area contributed by atoms with Crippen LogP contribution in [0.25, 0.3) is 0 Å². The summed E-state index contributed by atoms with van der Waals surface area (Å²) in [6, 6.07) is 14.2. The molecule has 0 heterocycles. The molecule has 2 atom stereocenters. The van der Waals surface area contributed by atoms with E-state index in [0.29, 0.717) is 6.42 Å². The number of hydrogen-bond donors (Lipinski definition) is 1. The van der Waals surface area contributed by atoms with Gasteiger partial charge in [0.25, 0.3) is 0 Å². The van der Waals surface area contributed by atoms with Crippen molar-refractivity contribution in [3.8, 4) is 0 Å². The first-order valence-corrected chi connectivity index (χ1v) is 6.62. The maximum Gasteiger partial charge on any atom is 0.123 e. The van der Waals surface area contributed by atoms with Crippen molar-refractivity contribution in [3.05, 3.63) is 71.0 Å². The van der Waals surface area contributed by atoms with Crippen molar-refractivity contribution in [2.75, 3.05) is 7.11 Å². The fourth-order valence-corrected chi connectivity index (χ4v) is 2.35. The molecule has 0 aliphatic carbocycles. The summed E-state index contributed by atoms with van der Waals surface area (Å²) in [5.41, 5.74) is 2.68. The highest BCUT2D eigenvalue weighted by atomic mass is 19.1. The Bertz CT molecular complexity index is 554. The Morgan fingerprint density at radius 3 is 2.50 bits per heavy atom. The molecule has 2 unspecified atom stereocenters. The molecule has 1 N–H and O–H groups in total. The highest BCUT2D eigenvalue weighted by Gasteiger charge is 2.21. The van der Waals surface area contributed by atoms with Crippen LogP contribution in [0.5, 0.6) is 0 Å². The summed E-state index contributed by atoms with van der Waals surface area (Å²) in [6.45, 7) is 1.91. The number of aliphatic hydroxyl groups is 1. The first kappa shape index (κ1) is 14.7. The van der Waals surface area contributed by atoms with Gasteiger partial charge in [0.15, 0.2) is 0 Å². The lowest BCUT2D eigenvalue weighted by atomic mass is 9.96. The Morgan fingerprint density at radius 2 is 1.85 bits per heavy atom.